The summed E-state index contributed by atoms with van der Waals surface area (Å²) in [5.41, 5.74) is 0.288. The van der Waals surface area contributed by atoms with Crippen LogP contribution >= 0.6 is 151 Å². The third-order valence-corrected chi connectivity index (χ3v) is 17.2. The molecular weight excluding hydrogens is 747 g/mol. The van der Waals surface area contributed by atoms with Crippen molar-refractivity contribution in [2.45, 2.75) is 40.0 Å². The van der Waals surface area contributed by atoms with E-state index in [4.69, 9.17) is 151 Å². The number of nitro benzene ring substituents is 1. The molecule has 1 aromatic carbocycles. The molecule has 0 amide bonds. The van der Waals surface area contributed by atoms with Crippen LogP contribution in [0.3, 0.4) is 0 Å². The van der Waals surface area contributed by atoms with Gasteiger partial charge in [-0.2, -0.15) is 0 Å². The number of hydrogen-bond acceptors (Lipinski definition) is 2. The third kappa shape index (κ3) is 2.43. The summed E-state index contributed by atoms with van der Waals surface area (Å²) in [6.07, 6.45) is 0. The molecule has 0 unspecified atom stereocenters. The lowest BCUT2D eigenvalue weighted by molar-refractivity contribution is -0.384. The standard InChI is InChI=1S/C20H6Cl13NO2/c21-5-1-3-4(2-6(5)34(35)36)8-10(18(29)14(25)12(23)16(8,27)20(18,32)33)9-7(3)15(26)11(22)13(24)17(9,28)19(15,30)31/h1-2,7-10H/t7-,8+,9-,10+,15-,16-,17-,18-/m1/s1. The molecule has 0 heterocycles. The number of rotatable bonds is 1. The van der Waals surface area contributed by atoms with Crippen LogP contribution < -0.4 is 0 Å². The summed E-state index contributed by atoms with van der Waals surface area (Å²) in [4.78, 5) is 3.89. The zero-order valence-electron chi connectivity index (χ0n) is 16.6. The van der Waals surface area contributed by atoms with Crippen LogP contribution in [0.5, 0.6) is 0 Å². The van der Waals surface area contributed by atoms with Gasteiger partial charge in [0, 0.05) is 29.7 Å². The lowest BCUT2D eigenvalue weighted by Crippen LogP contribution is -2.53. The minimum absolute atomic E-state index is 0.0824. The molecule has 3 nitrogen and oxygen atoms in total. The van der Waals surface area contributed by atoms with Gasteiger partial charge in [-0.15, -0.1) is 46.4 Å². The normalized spacial score (nSPS) is 46.8. The van der Waals surface area contributed by atoms with Crippen LogP contribution in [0, 0.1) is 22.0 Å². The second kappa shape index (κ2) is 7.63. The highest BCUT2D eigenvalue weighted by Gasteiger charge is 2.91. The van der Waals surface area contributed by atoms with E-state index in [0.717, 1.165) is 0 Å². The van der Waals surface area contributed by atoms with Crippen molar-refractivity contribution in [1.29, 1.82) is 0 Å². The molecule has 0 saturated heterocycles. The van der Waals surface area contributed by atoms with Crippen LogP contribution in [0.1, 0.15) is 23.0 Å². The highest BCUT2D eigenvalue weighted by molar-refractivity contribution is 6.67. The SMILES string of the molecule is O=[N+]([O-])c1cc2c(cc1Cl)[C@@H]1[C@H]([C@@H]3[C@H]2[C@@]2(Cl)C(Cl)=C(Cl)[C@@]3(Cl)C2(Cl)Cl)[C@@]2(Cl)C(Cl)=C(Cl)[C@@]1(Cl)C2(Cl)Cl. The highest BCUT2D eigenvalue weighted by Crippen LogP contribution is 2.88. The van der Waals surface area contributed by atoms with Crippen molar-refractivity contribution < 1.29 is 4.92 Å². The van der Waals surface area contributed by atoms with Gasteiger partial charge in [-0.3, -0.25) is 10.1 Å². The molecule has 16 heteroatoms. The van der Waals surface area contributed by atoms with Gasteiger partial charge in [0.15, 0.2) is 8.67 Å². The Morgan fingerprint density at radius 3 is 1.31 bits per heavy atom. The molecule has 5 aliphatic rings. The number of allylic oxidation sites excluding steroid dienone is 4. The number of nitro groups is 1. The summed E-state index contributed by atoms with van der Waals surface area (Å²) in [6.45, 7) is 0. The van der Waals surface area contributed by atoms with Crippen molar-refractivity contribution in [3.63, 3.8) is 0 Å². The summed E-state index contributed by atoms with van der Waals surface area (Å²) < 4.78 is -4.02. The van der Waals surface area contributed by atoms with E-state index in [9.17, 15) is 10.1 Å². The first kappa shape index (κ1) is 28.0. The van der Waals surface area contributed by atoms with Crippen molar-refractivity contribution >= 4 is 156 Å². The fourth-order valence-electron chi connectivity index (χ4n) is 7.05. The lowest BCUT2D eigenvalue weighted by Gasteiger charge is -2.52. The molecule has 0 N–H and O–H groups in total. The largest absolute Gasteiger partial charge is 0.288 e. The van der Waals surface area contributed by atoms with Crippen LogP contribution in [-0.4, -0.2) is 33.1 Å². The van der Waals surface area contributed by atoms with Gasteiger partial charge in [0.05, 0.1) is 25.1 Å². The third-order valence-electron chi connectivity index (χ3n) is 8.39. The molecule has 4 bridgehead atoms. The van der Waals surface area contributed by atoms with E-state index < -0.39 is 62.4 Å². The highest BCUT2D eigenvalue weighted by atomic mass is 35.5. The molecule has 0 radical (unpaired) electrons. The van der Waals surface area contributed by atoms with Crippen LogP contribution in [0.4, 0.5) is 5.69 Å². The van der Waals surface area contributed by atoms with E-state index >= 15 is 0 Å². The van der Waals surface area contributed by atoms with Crippen LogP contribution in [0.25, 0.3) is 0 Å². The minimum Gasteiger partial charge on any atom is -0.258 e. The van der Waals surface area contributed by atoms with Gasteiger partial charge >= 0.3 is 0 Å². The number of nitrogens with zero attached hydrogens (tertiary/aromatic N) is 1. The fraction of sp³-hybridized carbons (Fsp3) is 0.500. The van der Waals surface area contributed by atoms with Crippen LogP contribution in [0.15, 0.2) is 32.3 Å². The second-order valence-electron chi connectivity index (χ2n) is 9.45. The van der Waals surface area contributed by atoms with E-state index in [1.807, 2.05) is 0 Å². The van der Waals surface area contributed by atoms with Crippen LogP contribution in [-0.2, 0) is 0 Å². The Kier molecular flexibility index (Phi) is 5.93. The van der Waals surface area contributed by atoms with Crippen molar-refractivity contribution in [2.75, 3.05) is 0 Å². The molecule has 1 aromatic rings. The Morgan fingerprint density at radius 1 is 0.611 bits per heavy atom. The molecule has 8 atom stereocenters. The van der Waals surface area contributed by atoms with Gasteiger partial charge in [-0.25, -0.2) is 0 Å². The molecule has 0 aromatic heterocycles. The maximum absolute atomic E-state index is 11.8. The van der Waals surface area contributed by atoms with Crippen molar-refractivity contribution in [3.8, 4) is 0 Å². The molecule has 0 aliphatic heterocycles. The zero-order valence-corrected chi connectivity index (χ0v) is 26.5. The molecule has 6 rings (SSSR count). The second-order valence-corrected chi connectivity index (χ2v) is 16.4. The number of halogens is 13. The maximum atomic E-state index is 11.8. The van der Waals surface area contributed by atoms with Gasteiger partial charge in [-0.05, 0) is 17.2 Å². The van der Waals surface area contributed by atoms with E-state index in [1.165, 1.54) is 12.1 Å². The van der Waals surface area contributed by atoms with Crippen molar-refractivity contribution in [1.82, 2.24) is 0 Å². The molecule has 194 valence electrons. The van der Waals surface area contributed by atoms with Gasteiger partial charge < -0.3 is 0 Å². The topological polar surface area (TPSA) is 43.1 Å². The maximum Gasteiger partial charge on any atom is 0.288 e. The van der Waals surface area contributed by atoms with Gasteiger partial charge in [0.2, 0.25) is 0 Å². The lowest BCUT2D eigenvalue weighted by atomic mass is 9.57. The smallest absolute Gasteiger partial charge is 0.258 e. The minimum atomic E-state index is -2.02. The number of fused-ring (bicyclic) bond motifs is 14. The molecule has 2 saturated carbocycles. The average Bonchev–Trinajstić information content (AvgIpc) is 3.12. The van der Waals surface area contributed by atoms with E-state index in [1.54, 1.807) is 0 Å². The predicted molar refractivity (Wildman–Crippen MR) is 151 cm³/mol. The monoisotopic (exact) mass is 747 g/mol. The first-order chi connectivity index (χ1) is 16.3. The Bertz CT molecular complexity index is 1390. The molecule has 36 heavy (non-hydrogen) atoms. The molecule has 5 aliphatic carbocycles. The van der Waals surface area contributed by atoms with E-state index in [0.29, 0.717) is 11.1 Å². The predicted octanol–water partition coefficient (Wildman–Crippen LogP) is 10.4. The Hall–Kier alpha value is 1.87. The zero-order chi connectivity index (χ0) is 26.9. The summed E-state index contributed by atoms with van der Waals surface area (Å²) in [7, 11) is 0. The summed E-state index contributed by atoms with van der Waals surface area (Å²) in [5, 5.41) is 11.3. The summed E-state index contributed by atoms with van der Waals surface area (Å²) >= 11 is 89.3. The average molecular weight is 753 g/mol. The summed E-state index contributed by atoms with van der Waals surface area (Å²) in [5.74, 6) is -3.78. The Balaban J connectivity index is 1.80. The van der Waals surface area contributed by atoms with Gasteiger partial charge in [0.1, 0.15) is 24.5 Å². The van der Waals surface area contributed by atoms with Crippen molar-refractivity contribution in [3.05, 3.63) is 58.5 Å². The van der Waals surface area contributed by atoms with Crippen molar-refractivity contribution in [2.24, 2.45) is 11.8 Å². The van der Waals surface area contributed by atoms with Crippen LogP contribution in [0.2, 0.25) is 5.02 Å². The molecular formula is C20H6Cl13NO2. The van der Waals surface area contributed by atoms with Gasteiger partial charge in [-0.1, -0.05) is 104 Å². The first-order valence-electron chi connectivity index (χ1n) is 9.93. The Labute approximate surface area is 269 Å². The van der Waals surface area contributed by atoms with Gasteiger partial charge in [0.25, 0.3) is 5.69 Å². The first-order valence-corrected chi connectivity index (χ1v) is 14.8. The molecule has 2 fully saturated rings. The van der Waals surface area contributed by atoms with E-state index in [-0.39, 0.29) is 25.2 Å². The number of alkyl halides is 8. The van der Waals surface area contributed by atoms with E-state index in [2.05, 4.69) is 0 Å². The number of benzene rings is 1. The molecule has 0 spiro atoms. The quantitative estimate of drug-likeness (QED) is 0.163. The fourth-order valence-corrected chi connectivity index (χ4v) is 13.3. The number of hydrogen-bond donors (Lipinski definition) is 0. The summed E-state index contributed by atoms with van der Waals surface area (Å²) in [6, 6.07) is 2.64. The Morgan fingerprint density at radius 2 is 0.944 bits per heavy atom.